The van der Waals surface area contributed by atoms with E-state index in [-0.39, 0.29) is 5.78 Å². The smallest absolute Gasteiger partial charge is 0.313 e. The van der Waals surface area contributed by atoms with Crippen LogP contribution in [0.4, 0.5) is 5.69 Å². The lowest BCUT2D eigenvalue weighted by Gasteiger charge is -2.21. The molecule has 23 heavy (non-hydrogen) atoms. The Morgan fingerprint density at radius 1 is 1.00 bits per heavy atom. The van der Waals surface area contributed by atoms with Crippen molar-refractivity contribution in [2.45, 2.75) is 6.92 Å². The van der Waals surface area contributed by atoms with E-state index < -0.39 is 11.8 Å². The number of ether oxygens (including phenoxy) is 2. The van der Waals surface area contributed by atoms with Gasteiger partial charge >= 0.3 is 11.8 Å². The quantitative estimate of drug-likeness (QED) is 0.569. The molecule has 0 saturated carbocycles. The molecule has 126 valence electrons. The number of methoxy groups -OCH3 is 2. The molecule has 0 aliphatic rings. The first kappa shape index (κ1) is 18.8. The van der Waals surface area contributed by atoms with E-state index in [1.165, 1.54) is 26.0 Å². The second-order valence-corrected chi connectivity index (χ2v) is 4.87. The molecule has 2 amide bonds. The van der Waals surface area contributed by atoms with Gasteiger partial charge in [-0.1, -0.05) is 0 Å². The van der Waals surface area contributed by atoms with Gasteiger partial charge in [0, 0.05) is 38.6 Å². The molecule has 1 aromatic rings. The maximum Gasteiger partial charge on any atom is 0.313 e. The molecule has 0 bridgehead atoms. The first-order chi connectivity index (χ1) is 11.0. The fourth-order valence-corrected chi connectivity index (χ4v) is 1.83. The fourth-order valence-electron chi connectivity index (χ4n) is 1.83. The van der Waals surface area contributed by atoms with E-state index >= 15 is 0 Å². The van der Waals surface area contributed by atoms with E-state index in [0.717, 1.165) is 0 Å². The van der Waals surface area contributed by atoms with Gasteiger partial charge in [-0.25, -0.2) is 0 Å². The normalized spacial score (nSPS) is 10.2. The summed E-state index contributed by atoms with van der Waals surface area (Å²) in [7, 11) is 3.05. The summed E-state index contributed by atoms with van der Waals surface area (Å²) in [5, 5.41) is 2.52. The van der Waals surface area contributed by atoms with Crippen LogP contribution in [-0.4, -0.2) is 63.0 Å². The lowest BCUT2D eigenvalue weighted by atomic mass is 10.1. The molecule has 0 aliphatic carbocycles. The summed E-state index contributed by atoms with van der Waals surface area (Å²) >= 11 is 0. The Morgan fingerprint density at radius 2 is 1.52 bits per heavy atom. The van der Waals surface area contributed by atoms with Gasteiger partial charge in [-0.2, -0.15) is 0 Å². The Hall–Kier alpha value is -2.25. The van der Waals surface area contributed by atoms with Crippen molar-refractivity contribution in [1.82, 2.24) is 4.90 Å². The third kappa shape index (κ3) is 6.17. The summed E-state index contributed by atoms with van der Waals surface area (Å²) in [6.45, 7) is 2.72. The van der Waals surface area contributed by atoms with Gasteiger partial charge in [0.1, 0.15) is 0 Å². The van der Waals surface area contributed by atoms with Crippen LogP contribution in [0.25, 0.3) is 0 Å². The highest BCUT2D eigenvalue weighted by atomic mass is 16.5. The second-order valence-electron chi connectivity index (χ2n) is 4.87. The molecule has 1 N–H and O–H groups in total. The molecule has 0 aliphatic heterocycles. The van der Waals surface area contributed by atoms with Gasteiger partial charge in [-0.15, -0.1) is 0 Å². The number of amides is 2. The molecule has 0 radical (unpaired) electrons. The van der Waals surface area contributed by atoms with Crippen LogP contribution in [0.3, 0.4) is 0 Å². The average Bonchev–Trinajstić information content (AvgIpc) is 2.55. The number of rotatable bonds is 8. The lowest BCUT2D eigenvalue weighted by Crippen LogP contribution is -2.43. The molecule has 0 heterocycles. The zero-order valence-corrected chi connectivity index (χ0v) is 13.6. The Bertz CT molecular complexity index is 534. The Morgan fingerprint density at radius 3 is 1.96 bits per heavy atom. The molecule has 1 rings (SSSR count). The van der Waals surface area contributed by atoms with Gasteiger partial charge in [0.05, 0.1) is 13.2 Å². The minimum atomic E-state index is -0.743. The van der Waals surface area contributed by atoms with Crippen molar-refractivity contribution in [2.75, 3.05) is 45.8 Å². The highest BCUT2D eigenvalue weighted by molar-refractivity contribution is 6.39. The summed E-state index contributed by atoms with van der Waals surface area (Å²) in [6, 6.07) is 6.35. The van der Waals surface area contributed by atoms with Crippen LogP contribution in [0.2, 0.25) is 0 Å². The first-order valence-corrected chi connectivity index (χ1v) is 7.18. The third-order valence-electron chi connectivity index (χ3n) is 3.16. The number of nitrogens with one attached hydrogen (secondary N) is 1. The van der Waals surface area contributed by atoms with Crippen molar-refractivity contribution in [1.29, 1.82) is 0 Å². The second kappa shape index (κ2) is 9.70. The summed E-state index contributed by atoms with van der Waals surface area (Å²) < 4.78 is 9.88. The number of ketones is 1. The number of nitrogens with zero attached hydrogens (tertiary/aromatic N) is 1. The number of benzene rings is 1. The molecular formula is C16H22N2O5. The van der Waals surface area contributed by atoms with Crippen LogP contribution < -0.4 is 5.32 Å². The van der Waals surface area contributed by atoms with Crippen molar-refractivity contribution in [3.05, 3.63) is 29.8 Å². The Labute approximate surface area is 135 Å². The van der Waals surface area contributed by atoms with Crippen LogP contribution in [0, 0.1) is 0 Å². The van der Waals surface area contributed by atoms with Gasteiger partial charge in [0.15, 0.2) is 5.78 Å². The van der Waals surface area contributed by atoms with Crippen molar-refractivity contribution in [2.24, 2.45) is 0 Å². The van der Waals surface area contributed by atoms with Crippen LogP contribution in [0.5, 0.6) is 0 Å². The van der Waals surface area contributed by atoms with Crippen LogP contribution in [0.1, 0.15) is 17.3 Å². The van der Waals surface area contributed by atoms with Gasteiger partial charge < -0.3 is 19.7 Å². The molecule has 7 nitrogen and oxygen atoms in total. The monoisotopic (exact) mass is 322 g/mol. The molecule has 1 aromatic carbocycles. The number of Topliss-reactive ketones (excluding diaryl/α,β-unsaturated/α-hetero) is 1. The van der Waals surface area contributed by atoms with Gasteiger partial charge in [-0.05, 0) is 31.2 Å². The van der Waals surface area contributed by atoms with Crippen LogP contribution >= 0.6 is 0 Å². The van der Waals surface area contributed by atoms with E-state index in [1.54, 1.807) is 24.3 Å². The van der Waals surface area contributed by atoms with Crippen molar-refractivity contribution >= 4 is 23.3 Å². The average molecular weight is 322 g/mol. The predicted octanol–water partition coefficient (Wildman–Crippen LogP) is 0.949. The number of anilines is 1. The maximum absolute atomic E-state index is 12.2. The van der Waals surface area contributed by atoms with Gasteiger partial charge in [0.2, 0.25) is 0 Å². The molecule has 0 fully saturated rings. The number of hydrogen-bond donors (Lipinski definition) is 1. The molecule has 0 spiro atoms. The molecule has 7 heteroatoms. The molecule has 0 unspecified atom stereocenters. The van der Waals surface area contributed by atoms with Crippen molar-refractivity contribution < 1.29 is 23.9 Å². The molecular weight excluding hydrogens is 300 g/mol. The lowest BCUT2D eigenvalue weighted by molar-refractivity contribution is -0.144. The van der Waals surface area contributed by atoms with E-state index in [9.17, 15) is 14.4 Å². The Balaban J connectivity index is 2.68. The SMILES string of the molecule is COCCN(CCOC)C(=O)C(=O)Nc1ccc(C(C)=O)cc1. The minimum Gasteiger partial charge on any atom is -0.383 e. The highest BCUT2D eigenvalue weighted by Crippen LogP contribution is 2.10. The van der Waals surface area contributed by atoms with Gasteiger partial charge in [-0.3, -0.25) is 14.4 Å². The van der Waals surface area contributed by atoms with E-state index in [0.29, 0.717) is 37.6 Å². The summed E-state index contributed by atoms with van der Waals surface area (Å²) in [6.07, 6.45) is 0. The third-order valence-corrected chi connectivity index (χ3v) is 3.16. The number of hydrogen-bond acceptors (Lipinski definition) is 5. The first-order valence-electron chi connectivity index (χ1n) is 7.18. The molecule has 0 saturated heterocycles. The maximum atomic E-state index is 12.2. The molecule has 0 aromatic heterocycles. The largest absolute Gasteiger partial charge is 0.383 e. The number of carbonyl (C=O) groups is 3. The topological polar surface area (TPSA) is 84.9 Å². The van der Waals surface area contributed by atoms with Gasteiger partial charge in [0.25, 0.3) is 0 Å². The number of carbonyl (C=O) groups excluding carboxylic acids is 3. The summed E-state index contributed by atoms with van der Waals surface area (Å²) in [5.74, 6) is -1.47. The van der Waals surface area contributed by atoms with Crippen LogP contribution in [-0.2, 0) is 19.1 Å². The fraction of sp³-hybridized carbons (Fsp3) is 0.438. The standard InChI is InChI=1S/C16H22N2O5/c1-12(19)13-4-6-14(7-5-13)17-15(20)16(21)18(8-10-22-2)9-11-23-3/h4-7H,8-11H2,1-3H3,(H,17,20). The Kier molecular flexibility index (Phi) is 7.93. The van der Waals surface area contributed by atoms with Crippen molar-refractivity contribution in [3.63, 3.8) is 0 Å². The highest BCUT2D eigenvalue weighted by Gasteiger charge is 2.21. The predicted molar refractivity (Wildman–Crippen MR) is 85.4 cm³/mol. The molecule has 0 atom stereocenters. The zero-order chi connectivity index (χ0) is 17.2. The van der Waals surface area contributed by atoms with E-state index in [4.69, 9.17) is 9.47 Å². The van der Waals surface area contributed by atoms with Crippen molar-refractivity contribution in [3.8, 4) is 0 Å². The zero-order valence-electron chi connectivity index (χ0n) is 13.6. The van der Waals surface area contributed by atoms with Crippen LogP contribution in [0.15, 0.2) is 24.3 Å². The summed E-state index contributed by atoms with van der Waals surface area (Å²) in [4.78, 5) is 36.8. The minimum absolute atomic E-state index is 0.0655. The summed E-state index contributed by atoms with van der Waals surface area (Å²) in [5.41, 5.74) is 0.989. The van der Waals surface area contributed by atoms with E-state index in [2.05, 4.69) is 5.32 Å². The van der Waals surface area contributed by atoms with E-state index in [1.807, 2.05) is 0 Å².